The van der Waals surface area contributed by atoms with Crippen LogP contribution in [-0.4, -0.2) is 13.8 Å². The summed E-state index contributed by atoms with van der Waals surface area (Å²) in [5, 5.41) is 0. The monoisotopic (exact) mass is 233 g/mol. The van der Waals surface area contributed by atoms with E-state index in [0.29, 0.717) is 5.41 Å². The van der Waals surface area contributed by atoms with E-state index in [1.54, 1.807) is 0 Å². The average molecular weight is 233 g/mol. The summed E-state index contributed by atoms with van der Waals surface area (Å²) < 4.78 is 0. The van der Waals surface area contributed by atoms with Crippen LogP contribution in [0, 0.1) is 29.1 Å². The summed E-state index contributed by atoms with van der Waals surface area (Å²) in [7, 11) is 1.30. The highest BCUT2D eigenvalue weighted by Crippen LogP contribution is 2.66. The topological polar surface area (TPSA) is 26.0 Å². The van der Waals surface area contributed by atoms with Crippen molar-refractivity contribution in [1.29, 1.82) is 0 Å². The van der Waals surface area contributed by atoms with E-state index < -0.39 is 0 Å². The van der Waals surface area contributed by atoms with Gasteiger partial charge in [-0.3, -0.25) is 0 Å². The fourth-order valence-electron chi connectivity index (χ4n) is 3.92. The van der Waals surface area contributed by atoms with Crippen LogP contribution in [0.1, 0.15) is 33.1 Å². The van der Waals surface area contributed by atoms with E-state index in [2.05, 4.69) is 32.8 Å². The molecule has 2 aliphatic rings. The van der Waals surface area contributed by atoms with Gasteiger partial charge in [0.05, 0.1) is 0 Å². The number of hydrogen-bond acceptors (Lipinski definition) is 1. The molecule has 0 bridgehead atoms. The lowest BCUT2D eigenvalue weighted by atomic mass is 9.57. The first-order valence-corrected chi connectivity index (χ1v) is 7.50. The highest BCUT2D eigenvalue weighted by molar-refractivity contribution is 6.33. The molecule has 5 atom stereocenters. The fraction of sp³-hybridized carbons (Fsp3) is 0.867. The Morgan fingerprint density at radius 3 is 2.71 bits per heavy atom. The molecule has 1 nitrogen and oxygen atoms in total. The minimum atomic E-state index is 0.613. The normalized spacial score (nSPS) is 44.7. The number of rotatable bonds is 6. The van der Waals surface area contributed by atoms with Gasteiger partial charge in [-0.15, -0.1) is 0 Å². The van der Waals surface area contributed by atoms with Gasteiger partial charge < -0.3 is 5.73 Å². The van der Waals surface area contributed by atoms with Crippen LogP contribution in [0.15, 0.2) is 12.2 Å². The summed E-state index contributed by atoms with van der Waals surface area (Å²) in [6, 6.07) is 0. The van der Waals surface area contributed by atoms with Crippen molar-refractivity contribution >= 4 is 7.28 Å². The van der Waals surface area contributed by atoms with Crippen LogP contribution in [-0.2, 0) is 0 Å². The third kappa shape index (κ3) is 2.47. The van der Waals surface area contributed by atoms with Crippen molar-refractivity contribution in [3.8, 4) is 0 Å². The standard InChI is InChI=1S/C15H28BN/c1-11-9-15(11,2)14-12(8-13(14)10-17)6-4-5-7-16-3/h4,6,11-14,16H,5,7-10,17H2,1-3H3. The molecule has 2 saturated carbocycles. The quantitative estimate of drug-likeness (QED) is 0.426. The predicted molar refractivity (Wildman–Crippen MR) is 77.6 cm³/mol. The summed E-state index contributed by atoms with van der Waals surface area (Å²) in [4.78, 5) is 0. The highest BCUT2D eigenvalue weighted by atomic mass is 14.7. The maximum absolute atomic E-state index is 5.91. The Labute approximate surface area is 107 Å². The van der Waals surface area contributed by atoms with E-state index in [0.717, 1.165) is 30.2 Å². The van der Waals surface area contributed by atoms with Gasteiger partial charge in [0.2, 0.25) is 0 Å². The van der Waals surface area contributed by atoms with Gasteiger partial charge in [0.25, 0.3) is 0 Å². The smallest absolute Gasteiger partial charge is 0.117 e. The second-order valence-electron chi connectivity index (χ2n) is 6.60. The Morgan fingerprint density at radius 2 is 2.18 bits per heavy atom. The molecule has 17 heavy (non-hydrogen) atoms. The van der Waals surface area contributed by atoms with Crippen molar-refractivity contribution < 1.29 is 0 Å². The Balaban J connectivity index is 1.89. The largest absolute Gasteiger partial charge is 0.330 e. The number of allylic oxidation sites excluding steroid dienone is 2. The summed E-state index contributed by atoms with van der Waals surface area (Å²) >= 11 is 0. The van der Waals surface area contributed by atoms with Gasteiger partial charge in [-0.25, -0.2) is 0 Å². The summed E-state index contributed by atoms with van der Waals surface area (Å²) in [5.74, 6) is 3.43. The van der Waals surface area contributed by atoms with Gasteiger partial charge in [0.15, 0.2) is 0 Å². The molecule has 2 heteroatoms. The maximum Gasteiger partial charge on any atom is 0.117 e. The molecule has 0 amide bonds. The van der Waals surface area contributed by atoms with E-state index in [1.165, 1.54) is 32.9 Å². The molecule has 0 radical (unpaired) electrons. The molecule has 0 heterocycles. The molecule has 0 aromatic rings. The third-order valence-corrected chi connectivity index (χ3v) is 5.43. The fourth-order valence-corrected chi connectivity index (χ4v) is 3.92. The zero-order chi connectivity index (χ0) is 12.5. The van der Waals surface area contributed by atoms with Crippen LogP contribution in [0.25, 0.3) is 0 Å². The van der Waals surface area contributed by atoms with Crippen molar-refractivity contribution in [2.24, 2.45) is 34.8 Å². The van der Waals surface area contributed by atoms with E-state index in [4.69, 9.17) is 5.73 Å². The number of hydrogen-bond donors (Lipinski definition) is 1. The maximum atomic E-state index is 5.91. The van der Waals surface area contributed by atoms with E-state index >= 15 is 0 Å². The molecule has 5 unspecified atom stereocenters. The molecule has 2 rings (SSSR count). The van der Waals surface area contributed by atoms with Crippen LogP contribution in [0.2, 0.25) is 13.1 Å². The van der Waals surface area contributed by atoms with E-state index in [1.807, 2.05) is 0 Å². The van der Waals surface area contributed by atoms with Crippen molar-refractivity contribution in [3.63, 3.8) is 0 Å². The molecule has 0 aromatic carbocycles. The van der Waals surface area contributed by atoms with Gasteiger partial charge in [-0.2, -0.15) is 0 Å². The Bertz CT molecular complexity index is 289. The third-order valence-electron chi connectivity index (χ3n) is 5.43. The Kier molecular flexibility index (Phi) is 4.02. The Hall–Kier alpha value is -0.235. The molecule has 2 aliphatic carbocycles. The van der Waals surface area contributed by atoms with Gasteiger partial charge in [-0.1, -0.05) is 39.1 Å². The second-order valence-corrected chi connectivity index (χ2v) is 6.60. The van der Waals surface area contributed by atoms with Crippen LogP contribution in [0.3, 0.4) is 0 Å². The van der Waals surface area contributed by atoms with Crippen molar-refractivity contribution in [3.05, 3.63) is 12.2 Å². The summed E-state index contributed by atoms with van der Waals surface area (Å²) in [5.41, 5.74) is 6.52. The van der Waals surface area contributed by atoms with Crippen LogP contribution < -0.4 is 5.73 Å². The lowest BCUT2D eigenvalue weighted by Gasteiger charge is -2.47. The molecule has 0 aliphatic heterocycles. The molecule has 0 aromatic heterocycles. The van der Waals surface area contributed by atoms with Gasteiger partial charge in [0, 0.05) is 0 Å². The molecular weight excluding hydrogens is 205 g/mol. The Morgan fingerprint density at radius 1 is 1.47 bits per heavy atom. The zero-order valence-electron chi connectivity index (χ0n) is 11.8. The lowest BCUT2D eigenvalue weighted by Crippen LogP contribution is -2.45. The average Bonchev–Trinajstić information content (AvgIpc) is 2.84. The molecule has 2 fully saturated rings. The highest BCUT2D eigenvalue weighted by Gasteiger charge is 2.59. The summed E-state index contributed by atoms with van der Waals surface area (Å²) in [6.07, 6.45) is 10.3. The van der Waals surface area contributed by atoms with Crippen molar-refractivity contribution in [2.75, 3.05) is 6.54 Å². The first kappa shape index (κ1) is 13.2. The molecule has 96 valence electrons. The summed E-state index contributed by atoms with van der Waals surface area (Å²) in [6.45, 7) is 8.05. The van der Waals surface area contributed by atoms with Gasteiger partial charge in [-0.05, 0) is 54.9 Å². The molecule has 0 saturated heterocycles. The molecule has 0 spiro atoms. The molecular formula is C15H28BN. The minimum Gasteiger partial charge on any atom is -0.330 e. The van der Waals surface area contributed by atoms with Crippen LogP contribution in [0.4, 0.5) is 0 Å². The van der Waals surface area contributed by atoms with Gasteiger partial charge >= 0.3 is 0 Å². The van der Waals surface area contributed by atoms with Crippen LogP contribution in [0.5, 0.6) is 0 Å². The predicted octanol–water partition coefficient (Wildman–Crippen LogP) is 3.09. The second kappa shape index (κ2) is 5.18. The first-order valence-electron chi connectivity index (χ1n) is 7.50. The number of nitrogens with two attached hydrogens (primary N) is 1. The molecule has 2 N–H and O–H groups in total. The lowest BCUT2D eigenvalue weighted by molar-refractivity contribution is 0.0411. The minimum absolute atomic E-state index is 0.613. The van der Waals surface area contributed by atoms with Crippen molar-refractivity contribution in [1.82, 2.24) is 0 Å². The van der Waals surface area contributed by atoms with E-state index in [-0.39, 0.29) is 0 Å². The van der Waals surface area contributed by atoms with Gasteiger partial charge in [0.1, 0.15) is 7.28 Å². The first-order chi connectivity index (χ1) is 8.13. The van der Waals surface area contributed by atoms with E-state index in [9.17, 15) is 0 Å². The zero-order valence-corrected chi connectivity index (χ0v) is 11.8. The van der Waals surface area contributed by atoms with Crippen molar-refractivity contribution in [2.45, 2.75) is 46.3 Å². The van der Waals surface area contributed by atoms with Crippen LogP contribution >= 0.6 is 0 Å². The SMILES string of the molecule is CBCCC=CC1CC(CN)C1C1(C)CC1C.